The first-order valence-corrected chi connectivity index (χ1v) is 47.6. The topological polar surface area (TPSA) is 526 Å². The number of nitrogens with one attached hydrogen (secondary N) is 3. The molecular weight excluding hydrogens is 2010 g/mol. The Morgan fingerprint density at radius 2 is 0.701 bits per heavy atom. The van der Waals surface area contributed by atoms with Gasteiger partial charge in [0, 0.05) is 90.9 Å². The van der Waals surface area contributed by atoms with Gasteiger partial charge in [-0.3, -0.25) is 112 Å². The number of nitrogens with zero attached hydrogens (tertiary/aromatic N) is 16. The van der Waals surface area contributed by atoms with Gasteiger partial charge in [0.15, 0.2) is 6.29 Å². The highest BCUT2D eigenvalue weighted by Gasteiger charge is 2.48. The van der Waals surface area contributed by atoms with Crippen molar-refractivity contribution in [1.29, 1.82) is 0 Å². The fraction of sp³-hybridized carbons (Fsp3) is 0.366. The summed E-state index contributed by atoms with van der Waals surface area (Å²) in [5.74, 6) is -2.50. The van der Waals surface area contributed by atoms with Gasteiger partial charge >= 0.3 is 0 Å². The molecule has 0 fully saturated rings. The zero-order chi connectivity index (χ0) is 107. The molecule has 0 radical (unpaired) electrons. The minimum Gasteiger partial charge on any atom is -0.480 e. The summed E-state index contributed by atoms with van der Waals surface area (Å²) >= 11 is 14.1. The number of nitrogens with two attached hydrogens (primary N) is 4. The smallest absolute Gasteiger partial charge is 0.292 e. The lowest BCUT2D eigenvalue weighted by atomic mass is 10.00. The largest absolute Gasteiger partial charge is 0.480 e. The van der Waals surface area contributed by atoms with Crippen LogP contribution in [0.25, 0.3) is 0 Å². The number of pyridine rings is 4. The van der Waals surface area contributed by atoms with Crippen LogP contribution in [0.15, 0.2) is 134 Å². The molecule has 0 saturated carbocycles. The molecule has 10 amide bonds. The molecule has 5 aromatic carbocycles. The summed E-state index contributed by atoms with van der Waals surface area (Å²) in [6, 6.07) is 21.2. The molecule has 17 rings (SSSR count). The number of aromatic amines is 2. The number of anilines is 4. The van der Waals surface area contributed by atoms with Crippen molar-refractivity contribution in [2.24, 2.45) is 20.7 Å². The van der Waals surface area contributed by atoms with Gasteiger partial charge < -0.3 is 72.2 Å². The minimum atomic E-state index is -0.665. The molecule has 144 heavy (non-hydrogen) atoms. The summed E-state index contributed by atoms with van der Waals surface area (Å²) in [6.45, 7) is 19.1. The zero-order valence-corrected chi connectivity index (χ0v) is 88.1. The quantitative estimate of drug-likeness (QED) is 0.00781. The lowest BCUT2D eigenvalue weighted by Crippen LogP contribution is -2.48. The molecule has 0 saturated heterocycles. The molecule has 40 nitrogen and oxygen atoms in total. The van der Waals surface area contributed by atoms with Gasteiger partial charge in [0.1, 0.15) is 5.69 Å². The van der Waals surface area contributed by atoms with Crippen LogP contribution in [0, 0.1) is 13.7 Å². The van der Waals surface area contributed by atoms with Gasteiger partial charge in [0.05, 0.1) is 189 Å². The Morgan fingerprint density at radius 1 is 0.417 bits per heavy atom. The van der Waals surface area contributed by atoms with Crippen LogP contribution in [0.2, 0.25) is 10.0 Å². The number of ether oxygens (including phenoxy) is 2. The van der Waals surface area contributed by atoms with Crippen molar-refractivity contribution in [3.05, 3.63) is 249 Å². The van der Waals surface area contributed by atoms with E-state index >= 15 is 0 Å². The Labute approximate surface area is 855 Å². The first-order chi connectivity index (χ1) is 67.9. The lowest BCUT2D eigenvalue weighted by molar-refractivity contribution is -0.383. The van der Waals surface area contributed by atoms with Crippen molar-refractivity contribution in [3.63, 3.8) is 0 Å². The number of benzene rings is 5. The maximum absolute atomic E-state index is 13.1. The van der Waals surface area contributed by atoms with Crippen molar-refractivity contribution in [2.45, 2.75) is 149 Å². The number of hydrogen-bond acceptors (Lipinski definition) is 32. The van der Waals surface area contributed by atoms with Crippen molar-refractivity contribution in [2.75, 3.05) is 121 Å². The number of aldehydes is 1. The number of carbonyl (C=O) groups is 11. The molecule has 4 aromatic heterocycles. The second-order valence-corrected chi connectivity index (χ2v) is 38.5. The van der Waals surface area contributed by atoms with E-state index in [-0.39, 0.29) is 153 Å². The van der Waals surface area contributed by atoms with Crippen LogP contribution in [0.5, 0.6) is 11.8 Å². The number of nitrogen functional groups attached to an aromatic ring is 3. The van der Waals surface area contributed by atoms with Crippen LogP contribution < -0.4 is 48.8 Å². The molecule has 11 N–H and O–H groups in total. The highest BCUT2D eigenvalue weighted by atomic mass is 127. The van der Waals surface area contributed by atoms with Crippen molar-refractivity contribution in [3.8, 4) is 11.8 Å². The number of aromatic nitrogens is 4. The summed E-state index contributed by atoms with van der Waals surface area (Å²) in [6.07, 6.45) is 8.22. The molecule has 8 aliphatic rings. The number of fused-ring (bicyclic) bond motifs is 8. The number of nitro benzene ring substituents is 1. The van der Waals surface area contributed by atoms with Crippen LogP contribution in [0.3, 0.4) is 0 Å². The van der Waals surface area contributed by atoms with E-state index < -0.39 is 16.7 Å². The van der Waals surface area contributed by atoms with E-state index in [1.807, 2.05) is 169 Å². The number of likely N-dealkylation sites (N-methyl/N-ethyl adjacent to an activating group) is 5. The number of amides is 10. The number of H-pyrrole nitrogens is 2. The van der Waals surface area contributed by atoms with Crippen LogP contribution in [0.4, 0.5) is 45.5 Å². The van der Waals surface area contributed by atoms with E-state index in [4.69, 9.17) is 54.9 Å². The van der Waals surface area contributed by atoms with Gasteiger partial charge in [0.2, 0.25) is 11.8 Å². The van der Waals surface area contributed by atoms with Crippen LogP contribution in [0.1, 0.15) is 217 Å². The van der Waals surface area contributed by atoms with Gasteiger partial charge in [0.25, 0.3) is 75.9 Å². The lowest BCUT2D eigenvalue weighted by Gasteiger charge is -2.32. The fourth-order valence-corrected chi connectivity index (χ4v) is 18.6. The highest BCUT2D eigenvalue weighted by molar-refractivity contribution is 14.1. The van der Waals surface area contributed by atoms with E-state index in [0.717, 1.165) is 48.2 Å². The molecule has 8 aliphatic heterocycles. The number of rotatable bonds is 23. The molecule has 12 heterocycles. The van der Waals surface area contributed by atoms with E-state index in [1.54, 1.807) is 75.9 Å². The van der Waals surface area contributed by atoms with Gasteiger partial charge in [-0.1, -0.05) is 23.2 Å². The number of imide groups is 5. The van der Waals surface area contributed by atoms with Gasteiger partial charge in [-0.15, -0.1) is 0 Å². The van der Waals surface area contributed by atoms with Crippen molar-refractivity contribution in [1.82, 2.24) is 68.9 Å². The zero-order valence-electron chi connectivity index (χ0n) is 84.4. The predicted molar refractivity (Wildman–Crippen MR) is 561 cm³/mol. The number of carbonyl (C=O) groups excluding carboxylic acids is 11. The van der Waals surface area contributed by atoms with Crippen LogP contribution in [-0.4, -0.2) is 316 Å². The number of aliphatic imine (C=N–C) groups is 3. The fourth-order valence-electron chi connectivity index (χ4n) is 17.4. The molecule has 43 heteroatoms. The molecule has 0 spiro atoms. The Hall–Kier alpha value is -14.1. The average Bonchev–Trinajstić information content (AvgIpc) is 1.60. The third-order valence-electron chi connectivity index (χ3n) is 27.5. The molecule has 10 atom stereocenters. The molecule has 760 valence electrons. The summed E-state index contributed by atoms with van der Waals surface area (Å²) in [5.41, 5.74) is 33.5. The number of hydrogen-bond donors (Lipinski definition) is 7. The third-order valence-corrected chi connectivity index (χ3v) is 29.0. The number of nitro groups is 1. The highest BCUT2D eigenvalue weighted by Crippen LogP contribution is 2.43. The molecule has 9 aromatic rings. The van der Waals surface area contributed by atoms with Crippen LogP contribution in [-0.2, 0) is 19.3 Å². The number of methoxy groups -OCH3 is 2. The summed E-state index contributed by atoms with van der Waals surface area (Å²) in [5, 5.41) is 14.6. The van der Waals surface area contributed by atoms with E-state index in [0.29, 0.717) is 137 Å². The first kappa shape index (κ1) is 110. The van der Waals surface area contributed by atoms with E-state index in [9.17, 15) is 72.4 Å². The Bertz CT molecular complexity index is 6900. The minimum absolute atomic E-state index is 0.0145. The van der Waals surface area contributed by atoms with Crippen molar-refractivity contribution < 1.29 is 67.1 Å². The second kappa shape index (κ2) is 45.3. The molecular formula is C101H118Cl2IN23O17. The van der Waals surface area contributed by atoms with Crippen LogP contribution >= 0.6 is 45.8 Å². The van der Waals surface area contributed by atoms with Gasteiger partial charge in [-0.25, -0.2) is 9.97 Å². The Kier molecular flexibility index (Phi) is 34.7. The number of halogens is 3. The third kappa shape index (κ3) is 21.5. The molecule has 0 aliphatic carbocycles. The second-order valence-electron chi connectivity index (χ2n) is 36.5. The summed E-state index contributed by atoms with van der Waals surface area (Å²) in [4.78, 5) is 217. The van der Waals surface area contributed by atoms with E-state index in [2.05, 4.69) is 63.6 Å². The normalized spacial score (nSPS) is 16.4. The summed E-state index contributed by atoms with van der Waals surface area (Å²) in [7, 11) is 25.4. The van der Waals surface area contributed by atoms with E-state index in [1.165, 1.54) is 70.4 Å². The predicted octanol–water partition coefficient (Wildman–Crippen LogP) is 11.0. The van der Waals surface area contributed by atoms with Gasteiger partial charge in [-0.2, -0.15) is 0 Å². The van der Waals surface area contributed by atoms with Gasteiger partial charge in [-0.05, 0) is 265 Å². The SMILES string of the molecule is CC(C(C)N1C(=O)c2cc(N)c(N)cc2C1=O)N(C)C.CC(C(C)N1C(=O)c2cc(N)c([N+](=O)[O-])cc2C1=O)N(C)C.CC(C(C)N1C(=O)c2cc3c(cc2C1=O)N=C(c1c(Cl)cc[nH]c1=O)C3)N(C)C.CN.CNc1cc[nH]c(=O)c1C1=Nc2cc3c(cc2C1)C(=O)N(C(C)C(C)N(C)C)C3=O.COc1nccc(Cl)c1C=O.COc1nccc(I)c1C1=Nc2cc3c(cc2C1)C(=O)N(C(C)C(C)N(C)C)C3=O. The maximum Gasteiger partial charge on any atom is 0.292 e. The van der Waals surface area contributed by atoms with Crippen molar-refractivity contribution >= 4 is 174 Å². The average molecular weight is 2120 g/mol. The Balaban J connectivity index is 0.000000167. The monoisotopic (exact) mass is 2120 g/mol. The summed E-state index contributed by atoms with van der Waals surface area (Å²) < 4.78 is 11.2. The molecule has 0 bridgehead atoms. The Morgan fingerprint density at radius 3 is 1.01 bits per heavy atom. The standard InChI is InChI=1S/C22H23IN4O3.C22H25N5O3.C21H21ClN4O3.C14H18N4O4.C14H20N4O2.C7H6ClNO2.CH5N/c1-11(26(3)4)12(2)27-21(28)14-8-13-9-18(25-17(13)10-15(14)22(27)29)19-16(23)6-7-24-20(19)30-5;1-11(26(4)5)12(2)27-21(29)14-8-13-9-18(25-17(13)10-15(14)22(27)30)19-16(23-3)6-7-24-20(19)28;1-10(25(3)4)11(2)26-20(28)13-7-12-8-17(18-15(22)5-6-23-19(18)27)24-16(12)9-14(13)21(26)29;1-7(16(3)4)8(2)17-13(19)9-5-11(15)12(18(21)22)6-10(9)14(17)20;1-7(17(3)4)8(2)18-13(19)9-5-11(15)12(16)6-10(9)14(18)20;1-11-7-5(4-10)6(8)2-3-9-7;1-2/h6-8,10-12H,9H2,1-5H3;6-8,10-12H,9H2,1-5H3,(H2,23,24,28);5-7,9-11H,8H2,1-4H3,(H,23,27);5-8H,15H2,1-4H3;5-8H,15-16H2,1-4H3;2-4H,1H3;2H2,1H3. The first-order valence-electron chi connectivity index (χ1n) is 45.8. The maximum atomic E-state index is 13.1. The molecule has 10 unspecified atom stereocenters.